The molecule has 0 aromatic carbocycles. The lowest BCUT2D eigenvalue weighted by Gasteiger charge is -2.40. The SMILES string of the molecule is CC(C)(C)NC(=O)N[C@H](C(=O)N1C[C@H]2[C@@H]([C@H]1C(=O)NC(C1CCC1)C(O)C(N)=O)C2(C)C)C(C)(C)C. The van der Waals surface area contributed by atoms with Gasteiger partial charge in [0.1, 0.15) is 12.1 Å². The third-order valence-electron chi connectivity index (χ3n) is 8.24. The van der Waals surface area contributed by atoms with Gasteiger partial charge in [-0.15, -0.1) is 0 Å². The lowest BCUT2D eigenvalue weighted by Crippen LogP contribution is -2.63. The molecule has 5 amide bonds. The maximum absolute atomic E-state index is 13.9. The maximum Gasteiger partial charge on any atom is 0.315 e. The van der Waals surface area contributed by atoms with Gasteiger partial charge >= 0.3 is 6.03 Å². The minimum Gasteiger partial charge on any atom is -0.381 e. The Bertz CT molecular complexity index is 901. The van der Waals surface area contributed by atoms with E-state index in [9.17, 15) is 24.3 Å². The van der Waals surface area contributed by atoms with E-state index in [0.29, 0.717) is 6.54 Å². The fourth-order valence-electron chi connectivity index (χ4n) is 5.82. The highest BCUT2D eigenvalue weighted by Crippen LogP contribution is 2.65. The van der Waals surface area contributed by atoms with Crippen molar-refractivity contribution >= 4 is 23.8 Å². The number of urea groups is 1. The van der Waals surface area contributed by atoms with Crippen molar-refractivity contribution in [2.75, 3.05) is 6.54 Å². The number of nitrogens with two attached hydrogens (primary N) is 1. The Kier molecular flexibility index (Phi) is 7.45. The molecule has 10 heteroatoms. The monoisotopic (exact) mass is 507 g/mol. The van der Waals surface area contributed by atoms with Gasteiger partial charge in [0.25, 0.3) is 0 Å². The lowest BCUT2D eigenvalue weighted by molar-refractivity contribution is -0.145. The molecule has 0 aromatic heterocycles. The van der Waals surface area contributed by atoms with Crippen molar-refractivity contribution in [3.63, 3.8) is 0 Å². The molecular formula is C26H45N5O5. The number of amides is 5. The van der Waals surface area contributed by atoms with Gasteiger partial charge in [-0.3, -0.25) is 14.4 Å². The fraction of sp³-hybridized carbons (Fsp3) is 0.846. The van der Waals surface area contributed by atoms with Crippen molar-refractivity contribution in [3.05, 3.63) is 0 Å². The molecule has 3 aliphatic rings. The molecule has 36 heavy (non-hydrogen) atoms. The van der Waals surface area contributed by atoms with E-state index in [4.69, 9.17) is 5.73 Å². The number of nitrogens with zero attached hydrogens (tertiary/aromatic N) is 1. The second-order valence-electron chi connectivity index (χ2n) is 13.6. The molecule has 0 aromatic rings. The number of primary amides is 1. The van der Waals surface area contributed by atoms with Crippen molar-refractivity contribution in [3.8, 4) is 0 Å². The largest absolute Gasteiger partial charge is 0.381 e. The quantitative estimate of drug-likeness (QED) is 0.349. The summed E-state index contributed by atoms with van der Waals surface area (Å²) >= 11 is 0. The number of rotatable bonds is 7. The summed E-state index contributed by atoms with van der Waals surface area (Å²) in [7, 11) is 0. The van der Waals surface area contributed by atoms with Crippen LogP contribution in [-0.2, 0) is 14.4 Å². The highest BCUT2D eigenvalue weighted by atomic mass is 16.3. The van der Waals surface area contributed by atoms with E-state index in [2.05, 4.69) is 29.8 Å². The smallest absolute Gasteiger partial charge is 0.315 e. The summed E-state index contributed by atoms with van der Waals surface area (Å²) in [5.41, 5.74) is 4.17. The summed E-state index contributed by atoms with van der Waals surface area (Å²) in [6, 6.07) is -2.83. The summed E-state index contributed by atoms with van der Waals surface area (Å²) in [5, 5.41) is 19.0. The third-order valence-corrected chi connectivity index (χ3v) is 8.24. The number of aliphatic hydroxyl groups is 1. The van der Waals surface area contributed by atoms with E-state index in [1.807, 2.05) is 41.5 Å². The third kappa shape index (κ3) is 5.63. The number of nitrogens with one attached hydrogen (secondary N) is 3. The van der Waals surface area contributed by atoms with Crippen LogP contribution >= 0.6 is 0 Å². The molecule has 0 bridgehead atoms. The molecule has 10 nitrogen and oxygen atoms in total. The average Bonchev–Trinajstić information content (AvgIpc) is 3.02. The van der Waals surface area contributed by atoms with Crippen LogP contribution < -0.4 is 21.7 Å². The highest BCUT2D eigenvalue weighted by molar-refractivity contribution is 5.94. The Balaban J connectivity index is 1.84. The van der Waals surface area contributed by atoms with Gasteiger partial charge in [-0.05, 0) is 62.2 Å². The van der Waals surface area contributed by atoms with Crippen LogP contribution in [0.1, 0.15) is 74.7 Å². The molecular weight excluding hydrogens is 462 g/mol. The fourth-order valence-corrected chi connectivity index (χ4v) is 5.82. The number of carbonyl (C=O) groups is 4. The van der Waals surface area contributed by atoms with Gasteiger partial charge in [0.15, 0.2) is 6.10 Å². The zero-order valence-corrected chi connectivity index (χ0v) is 23.0. The van der Waals surface area contributed by atoms with Gasteiger partial charge in [0, 0.05) is 12.1 Å². The second-order valence-corrected chi connectivity index (χ2v) is 13.6. The Hall–Kier alpha value is -2.36. The minimum atomic E-state index is -1.49. The molecule has 3 fully saturated rings. The summed E-state index contributed by atoms with van der Waals surface area (Å²) in [4.78, 5) is 53.6. The molecule has 6 N–H and O–H groups in total. The van der Waals surface area contributed by atoms with E-state index < -0.39 is 47.1 Å². The molecule has 204 valence electrons. The first-order chi connectivity index (χ1) is 16.4. The molecule has 2 unspecified atom stereocenters. The first-order valence-corrected chi connectivity index (χ1v) is 13.0. The van der Waals surface area contributed by atoms with Crippen molar-refractivity contribution < 1.29 is 24.3 Å². The number of carbonyl (C=O) groups excluding carboxylic acids is 4. The first-order valence-electron chi connectivity index (χ1n) is 13.0. The number of hydrogen-bond acceptors (Lipinski definition) is 5. The predicted molar refractivity (Wildman–Crippen MR) is 135 cm³/mol. The van der Waals surface area contributed by atoms with E-state index in [-0.39, 0.29) is 35.0 Å². The van der Waals surface area contributed by atoms with Crippen molar-refractivity contribution in [2.24, 2.45) is 34.3 Å². The van der Waals surface area contributed by atoms with E-state index >= 15 is 0 Å². The van der Waals surface area contributed by atoms with Crippen LogP contribution in [-0.4, -0.2) is 70.1 Å². The van der Waals surface area contributed by atoms with Gasteiger partial charge in [-0.2, -0.15) is 0 Å². The van der Waals surface area contributed by atoms with Gasteiger partial charge in [-0.25, -0.2) is 4.79 Å². The molecule has 2 aliphatic carbocycles. The molecule has 3 rings (SSSR count). The second kappa shape index (κ2) is 9.50. The maximum atomic E-state index is 13.9. The average molecular weight is 508 g/mol. The van der Waals surface area contributed by atoms with Gasteiger partial charge in [0.05, 0.1) is 6.04 Å². The van der Waals surface area contributed by atoms with Crippen LogP contribution in [0.3, 0.4) is 0 Å². The number of aliphatic hydroxyl groups excluding tert-OH is 1. The zero-order chi connectivity index (χ0) is 27.4. The summed E-state index contributed by atoms with van der Waals surface area (Å²) in [5.74, 6) is -1.49. The number of fused-ring (bicyclic) bond motifs is 1. The topological polar surface area (TPSA) is 154 Å². The number of hydrogen-bond donors (Lipinski definition) is 5. The van der Waals surface area contributed by atoms with Gasteiger partial charge in [0.2, 0.25) is 17.7 Å². The number of likely N-dealkylation sites (tertiary alicyclic amines) is 1. The Morgan fingerprint density at radius 3 is 2.06 bits per heavy atom. The van der Waals surface area contributed by atoms with Crippen LogP contribution in [0.2, 0.25) is 0 Å². The summed E-state index contributed by atoms with van der Waals surface area (Å²) < 4.78 is 0. The van der Waals surface area contributed by atoms with Crippen molar-refractivity contribution in [1.82, 2.24) is 20.9 Å². The molecule has 1 heterocycles. The molecule has 0 radical (unpaired) electrons. The van der Waals surface area contributed by atoms with Crippen LogP contribution in [0.4, 0.5) is 4.79 Å². The Labute approximate surface area is 214 Å². The molecule has 2 saturated carbocycles. The van der Waals surface area contributed by atoms with Crippen LogP contribution in [0.5, 0.6) is 0 Å². The lowest BCUT2D eigenvalue weighted by atomic mass is 9.77. The molecule has 1 saturated heterocycles. The van der Waals surface area contributed by atoms with Crippen LogP contribution in [0, 0.1) is 28.6 Å². The summed E-state index contributed by atoms with van der Waals surface area (Å²) in [6.45, 7) is 15.8. The van der Waals surface area contributed by atoms with Crippen LogP contribution in [0.15, 0.2) is 0 Å². The number of piperidine rings is 1. The first kappa shape index (κ1) is 28.2. The Morgan fingerprint density at radius 2 is 1.61 bits per heavy atom. The van der Waals surface area contributed by atoms with Gasteiger partial charge in [-0.1, -0.05) is 41.0 Å². The van der Waals surface area contributed by atoms with Crippen LogP contribution in [0.25, 0.3) is 0 Å². The van der Waals surface area contributed by atoms with Crippen molar-refractivity contribution in [2.45, 2.75) is 104 Å². The zero-order valence-electron chi connectivity index (χ0n) is 23.0. The van der Waals surface area contributed by atoms with E-state index in [0.717, 1.165) is 19.3 Å². The molecule has 1 aliphatic heterocycles. The summed E-state index contributed by atoms with van der Waals surface area (Å²) in [6.07, 6.45) is 1.06. The van der Waals surface area contributed by atoms with Crippen molar-refractivity contribution in [1.29, 1.82) is 0 Å². The highest BCUT2D eigenvalue weighted by Gasteiger charge is 2.70. The molecule has 0 spiro atoms. The van der Waals surface area contributed by atoms with Gasteiger partial charge < -0.3 is 31.7 Å². The molecule has 6 atom stereocenters. The Morgan fingerprint density at radius 1 is 1.03 bits per heavy atom. The standard InChI is InChI=1S/C26H45N5O5/c1-24(2,3)19(29-23(36)30-25(4,5)6)22(35)31-12-14-15(26(14,7)8)17(31)21(34)28-16(13-10-9-11-13)18(32)20(27)33/h13-19,32H,9-12H2,1-8H3,(H2,27,33)(H,28,34)(H2,29,30,36)/t14-,15-,16?,17-,18?,19+/m0/s1. The normalized spacial score (nSPS) is 27.7. The minimum absolute atomic E-state index is 0.0323. The van der Waals surface area contributed by atoms with E-state index in [1.54, 1.807) is 4.90 Å². The van der Waals surface area contributed by atoms with E-state index in [1.165, 1.54) is 0 Å². The predicted octanol–water partition coefficient (Wildman–Crippen LogP) is 1.11.